The lowest BCUT2D eigenvalue weighted by atomic mass is 10.1. The molecule has 2 N–H and O–H groups in total. The Bertz CT molecular complexity index is 1360. The zero-order chi connectivity index (χ0) is 24.1. The van der Waals surface area contributed by atoms with Crippen molar-refractivity contribution in [2.75, 3.05) is 11.9 Å². The van der Waals surface area contributed by atoms with E-state index >= 15 is 0 Å². The number of hydrogen-bond acceptors (Lipinski definition) is 5. The number of nitrogens with zero attached hydrogens (tertiary/aromatic N) is 1. The van der Waals surface area contributed by atoms with Crippen molar-refractivity contribution in [2.24, 2.45) is 0 Å². The van der Waals surface area contributed by atoms with E-state index in [1.54, 1.807) is 55.6 Å². The predicted octanol–water partition coefficient (Wildman–Crippen LogP) is 5.92. The minimum Gasteiger partial charge on any atom is -0.458 e. The average molecular weight is 474 g/mol. The Kier molecular flexibility index (Phi) is 7.09. The van der Waals surface area contributed by atoms with Crippen LogP contribution in [0.5, 0.6) is 0 Å². The normalized spacial score (nSPS) is 12.1. The number of allylic oxidation sites excluding steroid dienone is 1. The number of fused-ring (bicyclic) bond motifs is 1. The molecule has 172 valence electrons. The van der Waals surface area contributed by atoms with Crippen molar-refractivity contribution >= 4 is 46.0 Å². The van der Waals surface area contributed by atoms with Gasteiger partial charge in [0.05, 0.1) is 5.52 Å². The molecule has 2 aromatic heterocycles. The van der Waals surface area contributed by atoms with E-state index in [0.29, 0.717) is 28.7 Å². The van der Waals surface area contributed by atoms with Crippen molar-refractivity contribution in [3.63, 3.8) is 0 Å². The van der Waals surface area contributed by atoms with E-state index in [9.17, 15) is 9.59 Å². The summed E-state index contributed by atoms with van der Waals surface area (Å²) in [5, 5.41) is 7.97. The molecule has 7 heteroatoms. The van der Waals surface area contributed by atoms with E-state index in [-0.39, 0.29) is 17.7 Å². The molecular weight excluding hydrogens is 450 g/mol. The van der Waals surface area contributed by atoms with Gasteiger partial charge in [-0.1, -0.05) is 29.8 Å². The monoisotopic (exact) mass is 473 g/mol. The highest BCUT2D eigenvalue weighted by Crippen LogP contribution is 2.24. The van der Waals surface area contributed by atoms with Gasteiger partial charge in [0.15, 0.2) is 5.76 Å². The number of aromatic nitrogens is 1. The molecule has 1 unspecified atom stereocenters. The van der Waals surface area contributed by atoms with Crippen LogP contribution < -0.4 is 10.6 Å². The standard InChI is InChI=1S/C27H24ClN3O3/c1-17(16-30-23-13-14-29-24-15-21(28)9-10-22(23)24)31-27(33)20-7-4-19(5-8-20)6-11-25(32)26-12-3-18(2)34-26/h3-15,17H,16H2,1-2H3,(H,29,30)(H,31,33)/b11-6+. The molecule has 4 aromatic rings. The molecule has 0 bridgehead atoms. The van der Waals surface area contributed by atoms with Gasteiger partial charge in [0.2, 0.25) is 5.78 Å². The fraction of sp³-hybridized carbons (Fsp3) is 0.148. The van der Waals surface area contributed by atoms with Crippen LogP contribution in [0, 0.1) is 6.92 Å². The maximum Gasteiger partial charge on any atom is 0.251 e. The molecule has 0 aliphatic carbocycles. The van der Waals surface area contributed by atoms with Crippen LogP contribution in [-0.2, 0) is 0 Å². The topological polar surface area (TPSA) is 84.2 Å². The number of hydrogen-bond donors (Lipinski definition) is 2. The zero-order valence-corrected chi connectivity index (χ0v) is 19.6. The number of nitrogens with one attached hydrogen (secondary N) is 2. The van der Waals surface area contributed by atoms with Gasteiger partial charge < -0.3 is 15.1 Å². The Labute approximate surface area is 202 Å². The van der Waals surface area contributed by atoms with Crippen LogP contribution in [0.25, 0.3) is 17.0 Å². The van der Waals surface area contributed by atoms with Crippen LogP contribution in [0.2, 0.25) is 5.02 Å². The first-order chi connectivity index (χ1) is 16.4. The number of anilines is 1. The zero-order valence-electron chi connectivity index (χ0n) is 18.8. The largest absolute Gasteiger partial charge is 0.458 e. The van der Waals surface area contributed by atoms with Crippen molar-refractivity contribution in [2.45, 2.75) is 19.9 Å². The lowest BCUT2D eigenvalue weighted by Gasteiger charge is -2.16. The summed E-state index contributed by atoms with van der Waals surface area (Å²) in [6.07, 6.45) is 4.88. The van der Waals surface area contributed by atoms with Gasteiger partial charge in [0, 0.05) is 40.4 Å². The van der Waals surface area contributed by atoms with Crippen molar-refractivity contribution in [1.82, 2.24) is 10.3 Å². The molecule has 0 fully saturated rings. The second-order valence-corrected chi connectivity index (χ2v) is 8.44. The number of benzene rings is 2. The Hall–Kier alpha value is -3.90. The third kappa shape index (κ3) is 5.71. The maximum atomic E-state index is 12.6. The van der Waals surface area contributed by atoms with Crippen LogP contribution in [0.4, 0.5) is 5.69 Å². The van der Waals surface area contributed by atoms with E-state index < -0.39 is 0 Å². The Morgan fingerprint density at radius 2 is 1.88 bits per heavy atom. The van der Waals surface area contributed by atoms with Gasteiger partial charge in [-0.3, -0.25) is 14.6 Å². The van der Waals surface area contributed by atoms with Gasteiger partial charge in [-0.15, -0.1) is 0 Å². The molecule has 0 aliphatic rings. The minimum atomic E-state index is -0.207. The highest BCUT2D eigenvalue weighted by Gasteiger charge is 2.11. The van der Waals surface area contributed by atoms with Gasteiger partial charge in [0.25, 0.3) is 5.91 Å². The number of carbonyl (C=O) groups excluding carboxylic acids is 2. The first kappa shape index (κ1) is 23.3. The Balaban J connectivity index is 1.32. The molecule has 2 heterocycles. The van der Waals surface area contributed by atoms with Gasteiger partial charge in [-0.05, 0) is 74.0 Å². The maximum absolute atomic E-state index is 12.6. The van der Waals surface area contributed by atoms with Crippen molar-refractivity contribution in [1.29, 1.82) is 0 Å². The summed E-state index contributed by atoms with van der Waals surface area (Å²) in [7, 11) is 0. The van der Waals surface area contributed by atoms with Crippen LogP contribution in [-0.4, -0.2) is 29.3 Å². The van der Waals surface area contributed by atoms with Gasteiger partial charge in [-0.2, -0.15) is 0 Å². The molecule has 4 rings (SSSR count). The molecule has 0 saturated carbocycles. The van der Waals surface area contributed by atoms with Crippen LogP contribution >= 0.6 is 11.6 Å². The average Bonchev–Trinajstić information content (AvgIpc) is 3.27. The van der Waals surface area contributed by atoms with Gasteiger partial charge in [-0.25, -0.2) is 0 Å². The molecular formula is C27H24ClN3O3. The quantitative estimate of drug-likeness (QED) is 0.245. The SMILES string of the molecule is Cc1ccc(C(=O)/C=C/c2ccc(C(=O)NC(C)CNc3ccnc4cc(Cl)ccc34)cc2)o1. The molecule has 1 atom stereocenters. The number of amides is 1. The van der Waals surface area contributed by atoms with E-state index in [1.165, 1.54) is 6.08 Å². The number of halogens is 1. The first-order valence-corrected chi connectivity index (χ1v) is 11.2. The van der Waals surface area contributed by atoms with E-state index in [1.807, 2.05) is 31.2 Å². The summed E-state index contributed by atoms with van der Waals surface area (Å²) in [5.41, 5.74) is 3.09. The molecule has 0 radical (unpaired) electrons. The Morgan fingerprint density at radius 3 is 2.62 bits per heavy atom. The molecule has 6 nitrogen and oxygen atoms in total. The van der Waals surface area contributed by atoms with Crippen LogP contribution in [0.15, 0.2) is 77.4 Å². The van der Waals surface area contributed by atoms with Crippen molar-refractivity contribution in [3.05, 3.63) is 101 Å². The summed E-state index contributed by atoms with van der Waals surface area (Å²) < 4.78 is 5.33. The lowest BCUT2D eigenvalue weighted by molar-refractivity contribution is 0.0941. The molecule has 0 aliphatic heterocycles. The fourth-order valence-corrected chi connectivity index (χ4v) is 3.63. The smallest absolute Gasteiger partial charge is 0.251 e. The molecule has 1 amide bonds. The summed E-state index contributed by atoms with van der Waals surface area (Å²) in [6.45, 7) is 4.27. The van der Waals surface area contributed by atoms with Crippen LogP contribution in [0.1, 0.15) is 39.2 Å². The number of ketones is 1. The number of rotatable bonds is 8. The number of pyridine rings is 1. The second-order valence-electron chi connectivity index (χ2n) is 8.01. The predicted molar refractivity (Wildman–Crippen MR) is 135 cm³/mol. The summed E-state index contributed by atoms with van der Waals surface area (Å²) in [5.74, 6) is 0.617. The van der Waals surface area contributed by atoms with Crippen LogP contribution in [0.3, 0.4) is 0 Å². The third-order valence-electron chi connectivity index (χ3n) is 5.26. The highest BCUT2D eigenvalue weighted by atomic mass is 35.5. The van der Waals surface area contributed by atoms with Gasteiger partial charge >= 0.3 is 0 Å². The highest BCUT2D eigenvalue weighted by molar-refractivity contribution is 6.31. The lowest BCUT2D eigenvalue weighted by Crippen LogP contribution is -2.37. The molecule has 0 saturated heterocycles. The summed E-state index contributed by atoms with van der Waals surface area (Å²) >= 11 is 6.05. The number of aryl methyl sites for hydroxylation is 1. The minimum absolute atomic E-state index is 0.114. The number of furan rings is 1. The van der Waals surface area contributed by atoms with Gasteiger partial charge in [0.1, 0.15) is 5.76 Å². The van der Waals surface area contributed by atoms with Crippen molar-refractivity contribution in [3.8, 4) is 0 Å². The fourth-order valence-electron chi connectivity index (χ4n) is 3.46. The van der Waals surface area contributed by atoms with E-state index in [4.69, 9.17) is 16.0 Å². The molecule has 34 heavy (non-hydrogen) atoms. The number of carbonyl (C=O) groups is 2. The van der Waals surface area contributed by atoms with E-state index in [2.05, 4.69) is 15.6 Å². The first-order valence-electron chi connectivity index (χ1n) is 10.9. The molecule has 0 spiro atoms. The third-order valence-corrected chi connectivity index (χ3v) is 5.50. The van der Waals surface area contributed by atoms with E-state index in [0.717, 1.165) is 22.2 Å². The second kappa shape index (κ2) is 10.4. The van der Waals surface area contributed by atoms with Crippen molar-refractivity contribution < 1.29 is 14.0 Å². The molecule has 2 aromatic carbocycles. The summed E-state index contributed by atoms with van der Waals surface area (Å²) in [4.78, 5) is 29.1. The Morgan fingerprint density at radius 1 is 1.09 bits per heavy atom. The summed E-state index contributed by atoms with van der Waals surface area (Å²) in [6, 6.07) is 17.8.